The molecule has 0 saturated heterocycles. The fourth-order valence-corrected chi connectivity index (χ4v) is 1.38. The molecule has 0 aliphatic heterocycles. The van der Waals surface area contributed by atoms with Gasteiger partial charge in [-0.1, -0.05) is 0 Å². The summed E-state index contributed by atoms with van der Waals surface area (Å²) in [6, 6.07) is 6.31. The molecule has 1 aliphatic carbocycles. The van der Waals surface area contributed by atoms with Crippen LogP contribution in [0.1, 0.15) is 24.8 Å². The molecule has 0 radical (unpaired) electrons. The van der Waals surface area contributed by atoms with Crippen molar-refractivity contribution in [2.24, 2.45) is 11.8 Å². The first-order valence-corrected chi connectivity index (χ1v) is 5.92. The number of rotatable bonds is 3. The van der Waals surface area contributed by atoms with Gasteiger partial charge in [-0.05, 0) is 37.1 Å². The Hall–Kier alpha value is -2.07. The van der Waals surface area contributed by atoms with E-state index in [1.807, 2.05) is 6.07 Å². The number of anilines is 1. The molecule has 0 atom stereocenters. The topological polar surface area (TPSA) is 78.9 Å². The number of nitrogens with one attached hydrogen (secondary N) is 1. The summed E-state index contributed by atoms with van der Waals surface area (Å²) in [5, 5.41) is 8.04. The standard InChI is InChI=1S/C7H7F3N2.C6H7NO/c8-7(9,10)5-1-3-6(12-11)4-2-5;7-4-3-6(8)5-1-2-5/h1-4,12H,11H2;5H,1-3H2. The SMILES string of the molecule is N#CCC(=O)C1CC1.NNc1ccc(C(F)(F)F)cc1. The van der Waals surface area contributed by atoms with Gasteiger partial charge in [0.05, 0.1) is 18.1 Å². The molecule has 2 rings (SSSR count). The lowest BCUT2D eigenvalue weighted by atomic mass is 10.2. The minimum absolute atomic E-state index is 0.116. The van der Waals surface area contributed by atoms with E-state index in [4.69, 9.17) is 11.1 Å². The Bertz CT molecular complexity index is 487. The number of carbonyl (C=O) groups excluding carboxylic acids is 1. The highest BCUT2D eigenvalue weighted by molar-refractivity contribution is 5.84. The quantitative estimate of drug-likeness (QED) is 0.661. The average molecular weight is 285 g/mol. The number of Topliss-reactive ketones (excluding diaryl/α,β-unsaturated/α-hetero) is 1. The van der Waals surface area contributed by atoms with Crippen LogP contribution < -0.4 is 11.3 Å². The van der Waals surface area contributed by atoms with Gasteiger partial charge >= 0.3 is 6.18 Å². The Balaban J connectivity index is 0.000000217. The van der Waals surface area contributed by atoms with Gasteiger partial charge in [-0.2, -0.15) is 18.4 Å². The van der Waals surface area contributed by atoms with E-state index in [1.54, 1.807) is 0 Å². The number of benzene rings is 1. The minimum atomic E-state index is -4.28. The van der Waals surface area contributed by atoms with E-state index in [0.717, 1.165) is 25.0 Å². The maximum Gasteiger partial charge on any atom is 0.416 e. The first-order valence-electron chi connectivity index (χ1n) is 5.92. The predicted molar refractivity (Wildman–Crippen MR) is 67.2 cm³/mol. The summed E-state index contributed by atoms with van der Waals surface area (Å²) < 4.78 is 35.9. The lowest BCUT2D eigenvalue weighted by molar-refractivity contribution is -0.137. The van der Waals surface area contributed by atoms with E-state index < -0.39 is 11.7 Å². The van der Waals surface area contributed by atoms with Gasteiger partial charge < -0.3 is 5.43 Å². The minimum Gasteiger partial charge on any atom is -0.324 e. The second kappa shape index (κ2) is 6.91. The third-order valence-corrected chi connectivity index (χ3v) is 2.66. The molecule has 1 aromatic carbocycles. The van der Waals surface area contributed by atoms with Gasteiger partial charge in [0.25, 0.3) is 0 Å². The van der Waals surface area contributed by atoms with Gasteiger partial charge in [-0.3, -0.25) is 10.6 Å². The van der Waals surface area contributed by atoms with E-state index in [0.29, 0.717) is 5.69 Å². The van der Waals surface area contributed by atoms with Crippen LogP contribution in [-0.2, 0) is 11.0 Å². The molecular weight excluding hydrogens is 271 g/mol. The number of nitrogen functional groups attached to an aromatic ring is 1. The zero-order chi connectivity index (χ0) is 15.2. The normalized spacial score (nSPS) is 13.8. The summed E-state index contributed by atoms with van der Waals surface area (Å²) in [4.78, 5) is 10.6. The smallest absolute Gasteiger partial charge is 0.324 e. The molecule has 1 saturated carbocycles. The molecular formula is C13H14F3N3O. The first-order chi connectivity index (χ1) is 9.38. The van der Waals surface area contributed by atoms with Crippen LogP contribution in [0.15, 0.2) is 24.3 Å². The largest absolute Gasteiger partial charge is 0.416 e. The zero-order valence-corrected chi connectivity index (χ0v) is 10.6. The first kappa shape index (κ1) is 16.0. The van der Waals surface area contributed by atoms with Gasteiger partial charge in [-0.25, -0.2) is 0 Å². The number of hydrazine groups is 1. The van der Waals surface area contributed by atoms with Crippen molar-refractivity contribution in [1.29, 1.82) is 5.26 Å². The van der Waals surface area contributed by atoms with Gasteiger partial charge in [-0.15, -0.1) is 0 Å². The molecule has 0 spiro atoms. The summed E-state index contributed by atoms with van der Waals surface area (Å²) in [5.41, 5.74) is 2.01. The summed E-state index contributed by atoms with van der Waals surface area (Å²) in [7, 11) is 0. The second-order valence-electron chi connectivity index (χ2n) is 4.29. The lowest BCUT2D eigenvalue weighted by Crippen LogP contribution is -2.08. The number of nitrogens with two attached hydrogens (primary N) is 1. The van der Waals surface area contributed by atoms with Crippen molar-refractivity contribution in [3.05, 3.63) is 29.8 Å². The molecule has 108 valence electrons. The molecule has 1 fully saturated rings. The van der Waals surface area contributed by atoms with Crippen LogP contribution in [0.3, 0.4) is 0 Å². The molecule has 0 unspecified atom stereocenters. The van der Waals surface area contributed by atoms with Crippen LogP contribution in [0.5, 0.6) is 0 Å². The van der Waals surface area contributed by atoms with Crippen molar-refractivity contribution >= 4 is 11.5 Å². The molecule has 20 heavy (non-hydrogen) atoms. The van der Waals surface area contributed by atoms with Crippen molar-refractivity contribution in [1.82, 2.24) is 0 Å². The number of carbonyl (C=O) groups is 1. The Labute approximate surface area is 114 Å². The number of alkyl halides is 3. The van der Waals surface area contributed by atoms with E-state index in [-0.39, 0.29) is 18.1 Å². The number of halogens is 3. The fourth-order valence-electron chi connectivity index (χ4n) is 1.38. The molecule has 1 aliphatic rings. The van der Waals surface area contributed by atoms with Gasteiger partial charge in [0, 0.05) is 11.6 Å². The van der Waals surface area contributed by atoms with Crippen molar-refractivity contribution in [2.75, 3.05) is 5.43 Å². The predicted octanol–water partition coefficient (Wildman–Crippen LogP) is 2.87. The third-order valence-electron chi connectivity index (χ3n) is 2.66. The highest BCUT2D eigenvalue weighted by atomic mass is 19.4. The molecule has 4 nitrogen and oxygen atoms in total. The van der Waals surface area contributed by atoms with Gasteiger partial charge in [0.1, 0.15) is 5.78 Å². The van der Waals surface area contributed by atoms with Crippen LogP contribution in [0.2, 0.25) is 0 Å². The van der Waals surface area contributed by atoms with Crippen LogP contribution in [-0.4, -0.2) is 5.78 Å². The third kappa shape index (κ3) is 5.28. The number of hydrogen-bond donors (Lipinski definition) is 2. The summed E-state index contributed by atoms with van der Waals surface area (Å²) >= 11 is 0. The van der Waals surface area contributed by atoms with Gasteiger partial charge in [0.15, 0.2) is 0 Å². The number of hydrogen-bond acceptors (Lipinski definition) is 4. The molecule has 0 heterocycles. The van der Waals surface area contributed by atoms with E-state index in [2.05, 4.69) is 5.43 Å². The van der Waals surface area contributed by atoms with Crippen molar-refractivity contribution in [3.63, 3.8) is 0 Å². The molecule has 7 heteroatoms. The van der Waals surface area contributed by atoms with Crippen LogP contribution in [0.25, 0.3) is 0 Å². The van der Waals surface area contributed by atoms with Crippen LogP contribution >= 0.6 is 0 Å². The highest BCUT2D eigenvalue weighted by Gasteiger charge is 2.30. The van der Waals surface area contributed by atoms with E-state index in [1.165, 1.54) is 12.1 Å². The van der Waals surface area contributed by atoms with Crippen molar-refractivity contribution < 1.29 is 18.0 Å². The number of nitriles is 1. The van der Waals surface area contributed by atoms with Gasteiger partial charge in [0.2, 0.25) is 0 Å². The Morgan fingerprint density at radius 3 is 2.25 bits per heavy atom. The second-order valence-corrected chi connectivity index (χ2v) is 4.29. The fraction of sp³-hybridized carbons (Fsp3) is 0.385. The van der Waals surface area contributed by atoms with Crippen LogP contribution in [0, 0.1) is 17.2 Å². The molecule has 0 aromatic heterocycles. The Morgan fingerprint density at radius 1 is 1.35 bits per heavy atom. The Morgan fingerprint density at radius 2 is 1.90 bits per heavy atom. The average Bonchev–Trinajstić information content (AvgIpc) is 3.23. The van der Waals surface area contributed by atoms with Crippen LogP contribution in [0.4, 0.5) is 18.9 Å². The highest BCUT2D eigenvalue weighted by Crippen LogP contribution is 2.30. The maximum atomic E-state index is 12.0. The molecule has 1 aromatic rings. The monoisotopic (exact) mass is 285 g/mol. The van der Waals surface area contributed by atoms with Crippen molar-refractivity contribution in [2.45, 2.75) is 25.4 Å². The summed E-state index contributed by atoms with van der Waals surface area (Å²) in [5.74, 6) is 5.37. The molecule has 0 amide bonds. The number of nitrogens with zero attached hydrogens (tertiary/aromatic N) is 1. The van der Waals surface area contributed by atoms with Crippen molar-refractivity contribution in [3.8, 4) is 6.07 Å². The summed E-state index contributed by atoms with van der Waals surface area (Å²) in [6.07, 6.45) is -2.14. The molecule has 0 bridgehead atoms. The van der Waals surface area contributed by atoms with E-state index in [9.17, 15) is 18.0 Å². The Kier molecular flexibility index (Phi) is 5.53. The van der Waals surface area contributed by atoms with E-state index >= 15 is 0 Å². The maximum absolute atomic E-state index is 12.0. The zero-order valence-electron chi connectivity index (χ0n) is 10.6. The lowest BCUT2D eigenvalue weighted by Gasteiger charge is -2.06. The molecule has 3 N–H and O–H groups in total. The summed E-state index contributed by atoms with van der Waals surface area (Å²) in [6.45, 7) is 0. The number of ketones is 1.